The highest BCUT2D eigenvalue weighted by Gasteiger charge is 2.13. The number of aromatic carboxylic acids is 1. The lowest BCUT2D eigenvalue weighted by atomic mass is 10.1. The van der Waals surface area contributed by atoms with Gasteiger partial charge in [0.1, 0.15) is 0 Å². The Balaban J connectivity index is 2.29. The van der Waals surface area contributed by atoms with Crippen LogP contribution in [-0.4, -0.2) is 17.0 Å². The maximum absolute atomic E-state index is 12.2. The van der Waals surface area contributed by atoms with Gasteiger partial charge in [0.15, 0.2) is 0 Å². The van der Waals surface area contributed by atoms with Crippen LogP contribution < -0.4 is 11.1 Å². The van der Waals surface area contributed by atoms with E-state index in [1.807, 2.05) is 0 Å². The third-order valence-corrected chi connectivity index (χ3v) is 3.54. The second-order valence-electron chi connectivity index (χ2n) is 4.19. The fraction of sp³-hybridized carbons (Fsp3) is 0. The topological polar surface area (TPSA) is 92.4 Å². The van der Waals surface area contributed by atoms with Crippen LogP contribution in [0.25, 0.3) is 0 Å². The van der Waals surface area contributed by atoms with Crippen LogP contribution in [0.4, 0.5) is 11.4 Å². The molecule has 0 fully saturated rings. The van der Waals surface area contributed by atoms with Gasteiger partial charge in [0.25, 0.3) is 5.91 Å². The van der Waals surface area contributed by atoms with E-state index >= 15 is 0 Å². The number of halogens is 2. The predicted octanol–water partition coefficient (Wildman–Crippen LogP) is 3.64. The molecule has 0 bridgehead atoms. The van der Waals surface area contributed by atoms with E-state index in [4.69, 9.17) is 22.4 Å². The molecule has 2 aromatic carbocycles. The Labute approximate surface area is 133 Å². The van der Waals surface area contributed by atoms with Crippen LogP contribution in [0.15, 0.2) is 40.9 Å². The molecule has 0 atom stereocenters. The molecule has 0 spiro atoms. The number of carbonyl (C=O) groups is 2. The highest BCUT2D eigenvalue weighted by Crippen LogP contribution is 2.23. The van der Waals surface area contributed by atoms with Gasteiger partial charge in [0.05, 0.1) is 16.1 Å². The molecule has 7 heteroatoms. The second-order valence-corrected chi connectivity index (χ2v) is 5.51. The van der Waals surface area contributed by atoms with E-state index in [9.17, 15) is 9.59 Å². The summed E-state index contributed by atoms with van der Waals surface area (Å²) in [6.07, 6.45) is 0. The van der Waals surface area contributed by atoms with Gasteiger partial charge in [-0.3, -0.25) is 4.79 Å². The Hall–Kier alpha value is -2.05. The Bertz CT molecular complexity index is 734. The van der Waals surface area contributed by atoms with Gasteiger partial charge in [-0.05, 0) is 36.4 Å². The predicted molar refractivity (Wildman–Crippen MR) is 84.9 cm³/mol. The standard InChI is InChI=1S/C14H10BrClN2O3/c15-7-1-4-12(17)10(5-7)13(19)18-8-2-3-11(16)9(6-8)14(20)21/h1-6H,17H2,(H,18,19)(H,20,21). The second kappa shape index (κ2) is 6.15. The third-order valence-electron chi connectivity index (χ3n) is 2.71. The van der Waals surface area contributed by atoms with Crippen molar-refractivity contribution in [2.24, 2.45) is 0 Å². The van der Waals surface area contributed by atoms with Gasteiger partial charge in [0, 0.05) is 15.8 Å². The number of nitrogens with one attached hydrogen (secondary N) is 1. The SMILES string of the molecule is Nc1ccc(Br)cc1C(=O)Nc1ccc(Cl)c(C(=O)O)c1. The lowest BCUT2D eigenvalue weighted by molar-refractivity contribution is 0.0696. The van der Waals surface area contributed by atoms with Crippen LogP contribution in [0.1, 0.15) is 20.7 Å². The normalized spacial score (nSPS) is 10.2. The molecule has 4 N–H and O–H groups in total. The van der Waals surface area contributed by atoms with Gasteiger partial charge >= 0.3 is 5.97 Å². The molecule has 5 nitrogen and oxygen atoms in total. The minimum absolute atomic E-state index is 0.0864. The number of carboxylic acids is 1. The van der Waals surface area contributed by atoms with Crippen molar-refractivity contribution >= 4 is 50.8 Å². The first-order valence-corrected chi connectivity index (χ1v) is 6.95. The lowest BCUT2D eigenvalue weighted by Crippen LogP contribution is -2.14. The van der Waals surface area contributed by atoms with Gasteiger partial charge in [0.2, 0.25) is 0 Å². The third kappa shape index (κ3) is 3.53. The maximum Gasteiger partial charge on any atom is 0.337 e. The summed E-state index contributed by atoms with van der Waals surface area (Å²) in [5, 5.41) is 11.7. The van der Waals surface area contributed by atoms with Gasteiger partial charge in [-0.1, -0.05) is 27.5 Å². The molecule has 0 saturated carbocycles. The van der Waals surface area contributed by atoms with Crippen molar-refractivity contribution in [2.75, 3.05) is 11.1 Å². The molecule has 2 rings (SSSR count). The fourth-order valence-corrected chi connectivity index (χ4v) is 2.25. The van der Waals surface area contributed by atoms with E-state index in [1.54, 1.807) is 18.2 Å². The zero-order valence-corrected chi connectivity index (χ0v) is 12.9. The van der Waals surface area contributed by atoms with E-state index in [0.29, 0.717) is 15.8 Å². The molecule has 0 heterocycles. The van der Waals surface area contributed by atoms with Gasteiger partial charge in [-0.15, -0.1) is 0 Å². The lowest BCUT2D eigenvalue weighted by Gasteiger charge is -2.09. The average molecular weight is 370 g/mol. The van der Waals surface area contributed by atoms with Crippen molar-refractivity contribution in [3.63, 3.8) is 0 Å². The molecule has 1 amide bonds. The van der Waals surface area contributed by atoms with Crippen LogP contribution in [0, 0.1) is 0 Å². The molecule has 0 aliphatic heterocycles. The first-order valence-electron chi connectivity index (χ1n) is 5.77. The molecule has 0 unspecified atom stereocenters. The molecule has 0 aliphatic rings. The summed E-state index contributed by atoms with van der Waals surface area (Å²) in [7, 11) is 0. The number of nitrogen functional groups attached to an aromatic ring is 1. The Morgan fingerprint density at radius 2 is 1.86 bits per heavy atom. The largest absolute Gasteiger partial charge is 0.478 e. The average Bonchev–Trinajstić information content (AvgIpc) is 2.43. The molecule has 0 aromatic heterocycles. The van der Waals surface area contributed by atoms with Gasteiger partial charge < -0.3 is 16.2 Å². The first kappa shape index (κ1) is 15.3. The fourth-order valence-electron chi connectivity index (χ4n) is 1.69. The smallest absolute Gasteiger partial charge is 0.337 e. The van der Waals surface area contributed by atoms with E-state index in [0.717, 1.165) is 0 Å². The summed E-state index contributed by atoms with van der Waals surface area (Å²) in [4.78, 5) is 23.2. The zero-order chi connectivity index (χ0) is 15.6. The van der Waals surface area contributed by atoms with Crippen molar-refractivity contribution in [3.8, 4) is 0 Å². The molecular weight excluding hydrogens is 360 g/mol. The maximum atomic E-state index is 12.2. The van der Waals surface area contributed by atoms with Crippen LogP contribution in [0.3, 0.4) is 0 Å². The monoisotopic (exact) mass is 368 g/mol. The number of nitrogens with two attached hydrogens (primary N) is 1. The molecule has 0 aliphatic carbocycles. The summed E-state index contributed by atoms with van der Waals surface area (Å²) >= 11 is 9.03. The number of hydrogen-bond acceptors (Lipinski definition) is 3. The highest BCUT2D eigenvalue weighted by molar-refractivity contribution is 9.10. The zero-order valence-electron chi connectivity index (χ0n) is 10.6. The molecule has 0 radical (unpaired) electrons. The number of hydrogen-bond donors (Lipinski definition) is 3. The van der Waals surface area contributed by atoms with Crippen molar-refractivity contribution in [1.82, 2.24) is 0 Å². The number of benzene rings is 2. The van der Waals surface area contributed by atoms with Crippen molar-refractivity contribution in [1.29, 1.82) is 0 Å². The number of amides is 1. The Morgan fingerprint density at radius 3 is 2.52 bits per heavy atom. The number of rotatable bonds is 3. The first-order chi connectivity index (χ1) is 9.88. The molecule has 0 saturated heterocycles. The molecule has 21 heavy (non-hydrogen) atoms. The van der Waals surface area contributed by atoms with Crippen molar-refractivity contribution < 1.29 is 14.7 Å². The number of carboxylic acid groups (broad SMARTS) is 1. The molecule has 108 valence electrons. The van der Waals surface area contributed by atoms with E-state index in [-0.39, 0.29) is 16.1 Å². The van der Waals surface area contributed by atoms with Gasteiger partial charge in [-0.25, -0.2) is 4.79 Å². The summed E-state index contributed by atoms with van der Waals surface area (Å²) in [5.41, 5.74) is 6.59. The van der Waals surface area contributed by atoms with Gasteiger partial charge in [-0.2, -0.15) is 0 Å². The minimum Gasteiger partial charge on any atom is -0.478 e. The van der Waals surface area contributed by atoms with Crippen LogP contribution >= 0.6 is 27.5 Å². The number of anilines is 2. The van der Waals surface area contributed by atoms with Crippen molar-refractivity contribution in [2.45, 2.75) is 0 Å². The molecule has 2 aromatic rings. The number of carbonyl (C=O) groups excluding carboxylic acids is 1. The highest BCUT2D eigenvalue weighted by atomic mass is 79.9. The van der Waals surface area contributed by atoms with Crippen LogP contribution in [0.5, 0.6) is 0 Å². The Morgan fingerprint density at radius 1 is 1.14 bits per heavy atom. The van der Waals surface area contributed by atoms with E-state index < -0.39 is 11.9 Å². The summed E-state index contributed by atoms with van der Waals surface area (Å²) < 4.78 is 0.712. The van der Waals surface area contributed by atoms with Crippen LogP contribution in [0.2, 0.25) is 5.02 Å². The summed E-state index contributed by atoms with van der Waals surface area (Å²) in [5.74, 6) is -1.61. The quantitative estimate of drug-likeness (QED) is 0.720. The van der Waals surface area contributed by atoms with Crippen molar-refractivity contribution in [3.05, 3.63) is 57.0 Å². The minimum atomic E-state index is -1.17. The summed E-state index contributed by atoms with van der Waals surface area (Å²) in [6.45, 7) is 0. The van der Waals surface area contributed by atoms with E-state index in [1.165, 1.54) is 18.2 Å². The van der Waals surface area contributed by atoms with Crippen LogP contribution in [-0.2, 0) is 0 Å². The molecular formula is C14H10BrClN2O3. The van der Waals surface area contributed by atoms with E-state index in [2.05, 4.69) is 21.2 Å². The summed E-state index contributed by atoms with van der Waals surface area (Å²) in [6, 6.07) is 9.11. The Kier molecular flexibility index (Phi) is 4.50.